The second-order valence-electron chi connectivity index (χ2n) is 4.02. The summed E-state index contributed by atoms with van der Waals surface area (Å²) in [4.78, 5) is 12.1. The lowest BCUT2D eigenvalue weighted by Gasteiger charge is -2.10. The molecule has 0 radical (unpaired) electrons. The Hall–Kier alpha value is -2.53. The molecular formula is C15H12ClNO4. The van der Waals surface area contributed by atoms with E-state index in [1.54, 1.807) is 42.5 Å². The molecule has 1 N–H and O–H groups in total. The van der Waals surface area contributed by atoms with Crippen molar-refractivity contribution < 1.29 is 19.5 Å². The van der Waals surface area contributed by atoms with E-state index in [4.69, 9.17) is 26.3 Å². The summed E-state index contributed by atoms with van der Waals surface area (Å²) in [5.74, 6) is 0.00721. The molecule has 21 heavy (non-hydrogen) atoms. The third-order valence-electron chi connectivity index (χ3n) is 2.69. The van der Waals surface area contributed by atoms with Gasteiger partial charge < -0.3 is 14.7 Å². The molecule has 5 nitrogen and oxygen atoms in total. The summed E-state index contributed by atoms with van der Waals surface area (Å²) in [6, 6.07) is 11.3. The molecule has 0 bridgehead atoms. The molecule has 0 saturated heterocycles. The van der Waals surface area contributed by atoms with Crippen molar-refractivity contribution in [2.75, 3.05) is 7.11 Å². The zero-order valence-electron chi connectivity index (χ0n) is 11.1. The Morgan fingerprint density at radius 1 is 1.24 bits per heavy atom. The lowest BCUT2D eigenvalue weighted by atomic mass is 10.2. The highest BCUT2D eigenvalue weighted by Crippen LogP contribution is 2.29. The van der Waals surface area contributed by atoms with Crippen LogP contribution >= 0.6 is 11.6 Å². The highest BCUT2D eigenvalue weighted by Gasteiger charge is 2.15. The average molecular weight is 306 g/mol. The van der Waals surface area contributed by atoms with Gasteiger partial charge in [-0.05, 0) is 30.3 Å². The fourth-order valence-electron chi connectivity index (χ4n) is 1.70. The monoisotopic (exact) mass is 305 g/mol. The zero-order valence-corrected chi connectivity index (χ0v) is 11.9. The van der Waals surface area contributed by atoms with Crippen LogP contribution in [-0.2, 0) is 0 Å². The molecule has 6 heteroatoms. The van der Waals surface area contributed by atoms with Crippen LogP contribution in [0.3, 0.4) is 0 Å². The van der Waals surface area contributed by atoms with Crippen molar-refractivity contribution in [3.05, 3.63) is 58.6 Å². The van der Waals surface area contributed by atoms with Crippen LogP contribution in [0.2, 0.25) is 5.02 Å². The summed E-state index contributed by atoms with van der Waals surface area (Å²) in [6.07, 6.45) is 1.24. The van der Waals surface area contributed by atoms with Gasteiger partial charge in [0.25, 0.3) is 0 Å². The maximum Gasteiger partial charge on any atom is 0.345 e. The SMILES string of the molecule is COc1cc(/C=N\O)ccc1OC(=O)c1ccccc1Cl. The summed E-state index contributed by atoms with van der Waals surface area (Å²) < 4.78 is 10.4. The van der Waals surface area contributed by atoms with Crippen molar-refractivity contribution in [2.45, 2.75) is 0 Å². The normalized spacial score (nSPS) is 10.6. The molecule has 2 rings (SSSR count). The van der Waals surface area contributed by atoms with Crippen molar-refractivity contribution in [1.29, 1.82) is 0 Å². The van der Waals surface area contributed by atoms with Crippen molar-refractivity contribution in [3.8, 4) is 11.5 Å². The number of hydrogen-bond acceptors (Lipinski definition) is 5. The van der Waals surface area contributed by atoms with Gasteiger partial charge in [-0.2, -0.15) is 0 Å². The number of nitrogens with zero attached hydrogens (tertiary/aromatic N) is 1. The van der Waals surface area contributed by atoms with Gasteiger partial charge in [0.15, 0.2) is 11.5 Å². The molecule has 0 fully saturated rings. The van der Waals surface area contributed by atoms with E-state index in [1.165, 1.54) is 13.3 Å². The minimum atomic E-state index is -0.581. The van der Waals surface area contributed by atoms with Gasteiger partial charge in [-0.1, -0.05) is 28.9 Å². The molecule has 0 spiro atoms. The number of esters is 1. The number of carbonyl (C=O) groups is 1. The van der Waals surface area contributed by atoms with Gasteiger partial charge in [0.05, 0.1) is 23.9 Å². The van der Waals surface area contributed by atoms with Crippen LogP contribution in [0.1, 0.15) is 15.9 Å². The molecule has 2 aromatic carbocycles. The van der Waals surface area contributed by atoms with E-state index in [-0.39, 0.29) is 11.3 Å². The fraction of sp³-hybridized carbons (Fsp3) is 0.0667. The van der Waals surface area contributed by atoms with E-state index in [0.717, 1.165) is 0 Å². The predicted molar refractivity (Wildman–Crippen MR) is 78.8 cm³/mol. The first kappa shape index (κ1) is 14.9. The number of ether oxygens (including phenoxy) is 2. The maximum atomic E-state index is 12.1. The van der Waals surface area contributed by atoms with Crippen molar-refractivity contribution in [1.82, 2.24) is 0 Å². The Kier molecular flexibility index (Phi) is 4.79. The molecule has 0 atom stereocenters. The Morgan fingerprint density at radius 2 is 2.00 bits per heavy atom. The van der Waals surface area contributed by atoms with Crippen LogP contribution in [-0.4, -0.2) is 24.5 Å². The molecule has 0 aliphatic rings. The van der Waals surface area contributed by atoms with Crippen LogP contribution in [0.4, 0.5) is 0 Å². The molecule has 2 aromatic rings. The Morgan fingerprint density at radius 3 is 2.67 bits per heavy atom. The molecule has 0 unspecified atom stereocenters. The molecule has 108 valence electrons. The van der Waals surface area contributed by atoms with Crippen LogP contribution in [0.5, 0.6) is 11.5 Å². The van der Waals surface area contributed by atoms with Crippen molar-refractivity contribution in [3.63, 3.8) is 0 Å². The summed E-state index contributed by atoms with van der Waals surface area (Å²) in [5, 5.41) is 11.7. The number of benzene rings is 2. The summed E-state index contributed by atoms with van der Waals surface area (Å²) in [6.45, 7) is 0. The molecule has 0 amide bonds. The number of hydrogen-bond donors (Lipinski definition) is 1. The largest absolute Gasteiger partial charge is 0.493 e. The van der Waals surface area contributed by atoms with E-state index >= 15 is 0 Å². The van der Waals surface area contributed by atoms with Crippen LogP contribution in [0.25, 0.3) is 0 Å². The van der Waals surface area contributed by atoms with Gasteiger partial charge in [0, 0.05) is 5.56 Å². The number of carbonyl (C=O) groups excluding carboxylic acids is 1. The van der Waals surface area contributed by atoms with E-state index in [9.17, 15) is 4.79 Å². The van der Waals surface area contributed by atoms with Crippen LogP contribution < -0.4 is 9.47 Å². The predicted octanol–water partition coefficient (Wildman–Crippen LogP) is 3.38. The Balaban J connectivity index is 2.27. The summed E-state index contributed by atoms with van der Waals surface area (Å²) in [5.41, 5.74) is 0.870. The van der Waals surface area contributed by atoms with Gasteiger partial charge in [-0.3, -0.25) is 0 Å². The number of oxime groups is 1. The van der Waals surface area contributed by atoms with Gasteiger partial charge in [-0.25, -0.2) is 4.79 Å². The lowest BCUT2D eigenvalue weighted by Crippen LogP contribution is -2.10. The molecule has 0 aliphatic heterocycles. The van der Waals surface area contributed by atoms with Gasteiger partial charge in [-0.15, -0.1) is 0 Å². The first-order valence-electron chi connectivity index (χ1n) is 5.98. The van der Waals surface area contributed by atoms with Crippen LogP contribution in [0.15, 0.2) is 47.6 Å². The van der Waals surface area contributed by atoms with Gasteiger partial charge >= 0.3 is 5.97 Å². The minimum absolute atomic E-state index is 0.248. The number of methoxy groups -OCH3 is 1. The second-order valence-corrected chi connectivity index (χ2v) is 4.43. The maximum absolute atomic E-state index is 12.1. The first-order chi connectivity index (χ1) is 10.2. The van der Waals surface area contributed by atoms with Crippen molar-refractivity contribution >= 4 is 23.8 Å². The second kappa shape index (κ2) is 6.76. The third-order valence-corrected chi connectivity index (χ3v) is 3.02. The average Bonchev–Trinajstić information content (AvgIpc) is 2.49. The molecular weight excluding hydrogens is 294 g/mol. The Labute approximate surface area is 126 Å². The quantitative estimate of drug-likeness (QED) is 0.309. The zero-order chi connectivity index (χ0) is 15.2. The van der Waals surface area contributed by atoms with Gasteiger partial charge in [0.2, 0.25) is 0 Å². The van der Waals surface area contributed by atoms with E-state index in [0.29, 0.717) is 16.3 Å². The third kappa shape index (κ3) is 3.52. The molecule has 0 saturated carbocycles. The lowest BCUT2D eigenvalue weighted by molar-refractivity contribution is 0.0730. The fourth-order valence-corrected chi connectivity index (χ4v) is 1.91. The Bertz CT molecular complexity index is 685. The number of halogens is 1. The van der Waals surface area contributed by atoms with E-state index < -0.39 is 5.97 Å². The highest BCUT2D eigenvalue weighted by molar-refractivity contribution is 6.33. The standard InChI is InChI=1S/C15H12ClNO4/c1-20-14-8-10(9-17-19)6-7-13(14)21-15(18)11-4-2-3-5-12(11)16/h2-9,19H,1H3/b17-9-. The molecule has 0 aliphatic carbocycles. The first-order valence-corrected chi connectivity index (χ1v) is 6.35. The number of rotatable bonds is 4. The molecule has 0 heterocycles. The summed E-state index contributed by atoms with van der Waals surface area (Å²) in [7, 11) is 1.45. The molecule has 0 aromatic heterocycles. The topological polar surface area (TPSA) is 68.1 Å². The van der Waals surface area contributed by atoms with Crippen molar-refractivity contribution in [2.24, 2.45) is 5.16 Å². The minimum Gasteiger partial charge on any atom is -0.493 e. The summed E-state index contributed by atoms with van der Waals surface area (Å²) >= 11 is 5.95. The van der Waals surface area contributed by atoms with E-state index in [1.807, 2.05) is 0 Å². The van der Waals surface area contributed by atoms with E-state index in [2.05, 4.69) is 5.16 Å². The van der Waals surface area contributed by atoms with Crippen LogP contribution in [0, 0.1) is 0 Å². The highest BCUT2D eigenvalue weighted by atomic mass is 35.5. The smallest absolute Gasteiger partial charge is 0.345 e. The van der Waals surface area contributed by atoms with Gasteiger partial charge in [0.1, 0.15) is 0 Å².